The SMILES string of the molecule is CN(C)c1nc(N2CCN(c3ncnc4ccccc34)CC2)ncc1F. The maximum atomic E-state index is 13.8. The summed E-state index contributed by atoms with van der Waals surface area (Å²) in [5.41, 5.74) is 0.942. The number of aromatic nitrogens is 4. The normalized spacial score (nSPS) is 14.7. The van der Waals surface area contributed by atoms with Gasteiger partial charge in [0.2, 0.25) is 5.95 Å². The maximum Gasteiger partial charge on any atom is 0.227 e. The second-order valence-electron chi connectivity index (χ2n) is 6.42. The summed E-state index contributed by atoms with van der Waals surface area (Å²) < 4.78 is 13.8. The molecule has 7 nitrogen and oxygen atoms in total. The minimum Gasteiger partial charge on any atom is -0.360 e. The summed E-state index contributed by atoms with van der Waals surface area (Å²) in [6, 6.07) is 8.02. The van der Waals surface area contributed by atoms with Crippen LogP contribution < -0.4 is 14.7 Å². The number of piperazine rings is 1. The van der Waals surface area contributed by atoms with Crippen LogP contribution in [-0.2, 0) is 0 Å². The summed E-state index contributed by atoms with van der Waals surface area (Å²) in [5, 5.41) is 1.05. The summed E-state index contributed by atoms with van der Waals surface area (Å²) in [6.07, 6.45) is 2.85. The molecule has 0 saturated carbocycles. The van der Waals surface area contributed by atoms with E-state index in [0.29, 0.717) is 11.8 Å². The molecule has 0 aliphatic carbocycles. The molecule has 1 saturated heterocycles. The average molecular weight is 353 g/mol. The molecule has 4 rings (SSSR count). The van der Waals surface area contributed by atoms with Crippen LogP contribution in [0, 0.1) is 5.82 Å². The lowest BCUT2D eigenvalue weighted by atomic mass is 10.2. The van der Waals surface area contributed by atoms with Gasteiger partial charge in [0.1, 0.15) is 12.1 Å². The van der Waals surface area contributed by atoms with Crippen LogP contribution in [0.15, 0.2) is 36.8 Å². The van der Waals surface area contributed by atoms with Crippen LogP contribution in [0.5, 0.6) is 0 Å². The van der Waals surface area contributed by atoms with Crippen LogP contribution >= 0.6 is 0 Å². The Morgan fingerprint density at radius 2 is 1.69 bits per heavy atom. The molecule has 26 heavy (non-hydrogen) atoms. The van der Waals surface area contributed by atoms with E-state index in [4.69, 9.17) is 0 Å². The molecule has 0 atom stereocenters. The number of hydrogen-bond donors (Lipinski definition) is 0. The van der Waals surface area contributed by atoms with Crippen molar-refractivity contribution in [1.29, 1.82) is 0 Å². The van der Waals surface area contributed by atoms with Crippen LogP contribution in [0.25, 0.3) is 10.9 Å². The fourth-order valence-electron chi connectivity index (χ4n) is 3.18. The molecule has 3 heterocycles. The van der Waals surface area contributed by atoms with Crippen molar-refractivity contribution in [2.24, 2.45) is 0 Å². The van der Waals surface area contributed by atoms with E-state index in [-0.39, 0.29) is 0 Å². The minimum atomic E-state index is -0.412. The number of rotatable bonds is 3. The summed E-state index contributed by atoms with van der Waals surface area (Å²) >= 11 is 0. The Balaban J connectivity index is 1.53. The third kappa shape index (κ3) is 2.98. The molecule has 1 aliphatic heterocycles. The molecular formula is C18H20FN7. The molecule has 2 aromatic heterocycles. The predicted molar refractivity (Wildman–Crippen MR) is 100 cm³/mol. The number of benzene rings is 1. The van der Waals surface area contributed by atoms with Crippen molar-refractivity contribution in [3.8, 4) is 0 Å². The largest absolute Gasteiger partial charge is 0.360 e. The fraction of sp³-hybridized carbons (Fsp3) is 0.333. The topological polar surface area (TPSA) is 61.3 Å². The van der Waals surface area contributed by atoms with Gasteiger partial charge in [-0.2, -0.15) is 4.98 Å². The molecule has 1 aliphatic rings. The Kier molecular flexibility index (Phi) is 4.24. The van der Waals surface area contributed by atoms with Gasteiger partial charge in [0.15, 0.2) is 11.6 Å². The first-order valence-electron chi connectivity index (χ1n) is 8.53. The van der Waals surface area contributed by atoms with Gasteiger partial charge in [-0.25, -0.2) is 19.3 Å². The standard InChI is InChI=1S/C18H20FN7/c1-24(2)17-14(19)11-20-18(23-17)26-9-7-25(8-10-26)16-13-5-3-4-6-15(13)21-12-22-16/h3-6,11-12H,7-10H2,1-2H3. The molecule has 0 N–H and O–H groups in total. The van der Waals surface area contributed by atoms with Crippen molar-refractivity contribution < 1.29 is 4.39 Å². The highest BCUT2D eigenvalue weighted by atomic mass is 19.1. The molecule has 8 heteroatoms. The minimum absolute atomic E-state index is 0.305. The van der Waals surface area contributed by atoms with E-state index in [9.17, 15) is 4.39 Å². The highest BCUT2D eigenvalue weighted by molar-refractivity contribution is 5.89. The lowest BCUT2D eigenvalue weighted by Gasteiger charge is -2.35. The van der Waals surface area contributed by atoms with Crippen molar-refractivity contribution in [3.63, 3.8) is 0 Å². The summed E-state index contributed by atoms with van der Waals surface area (Å²) in [4.78, 5) is 23.3. The number of fused-ring (bicyclic) bond motifs is 1. The van der Waals surface area contributed by atoms with E-state index in [1.54, 1.807) is 25.3 Å². The van der Waals surface area contributed by atoms with Crippen molar-refractivity contribution in [1.82, 2.24) is 19.9 Å². The molecule has 134 valence electrons. The third-order valence-corrected chi connectivity index (χ3v) is 4.52. The molecular weight excluding hydrogens is 333 g/mol. The third-order valence-electron chi connectivity index (χ3n) is 4.52. The van der Waals surface area contributed by atoms with Crippen LogP contribution in [-0.4, -0.2) is 60.2 Å². The molecule has 3 aromatic rings. The first-order chi connectivity index (χ1) is 12.6. The quantitative estimate of drug-likeness (QED) is 0.713. The number of nitrogens with zero attached hydrogens (tertiary/aromatic N) is 7. The summed E-state index contributed by atoms with van der Waals surface area (Å²) in [6.45, 7) is 3.08. The van der Waals surface area contributed by atoms with Gasteiger partial charge in [-0.3, -0.25) is 0 Å². The molecule has 1 aromatic carbocycles. The molecule has 1 fully saturated rings. The monoisotopic (exact) mass is 353 g/mol. The summed E-state index contributed by atoms with van der Waals surface area (Å²) in [7, 11) is 3.54. The Morgan fingerprint density at radius 1 is 0.962 bits per heavy atom. The number of anilines is 3. The van der Waals surface area contributed by atoms with E-state index in [1.165, 1.54) is 6.20 Å². The fourth-order valence-corrected chi connectivity index (χ4v) is 3.18. The molecule has 0 spiro atoms. The second-order valence-corrected chi connectivity index (χ2v) is 6.42. The summed E-state index contributed by atoms with van der Waals surface area (Å²) in [5.74, 6) is 1.40. The first-order valence-corrected chi connectivity index (χ1v) is 8.53. The molecule has 0 unspecified atom stereocenters. The van der Waals surface area contributed by atoms with Crippen molar-refractivity contribution >= 4 is 28.5 Å². The van der Waals surface area contributed by atoms with E-state index in [2.05, 4.69) is 29.7 Å². The molecule has 0 amide bonds. The first kappa shape index (κ1) is 16.4. The second kappa shape index (κ2) is 6.70. The van der Waals surface area contributed by atoms with Crippen molar-refractivity contribution in [2.45, 2.75) is 0 Å². The Labute approximate surface area is 151 Å². The van der Waals surface area contributed by atoms with Crippen LogP contribution in [0.2, 0.25) is 0 Å². The highest BCUT2D eigenvalue weighted by Crippen LogP contribution is 2.25. The predicted octanol–water partition coefficient (Wildman–Crippen LogP) is 1.95. The number of halogens is 1. The zero-order valence-electron chi connectivity index (χ0n) is 14.8. The van der Waals surface area contributed by atoms with Gasteiger partial charge in [0.05, 0.1) is 11.7 Å². The zero-order chi connectivity index (χ0) is 18.1. The van der Waals surface area contributed by atoms with Gasteiger partial charge in [-0.15, -0.1) is 0 Å². The van der Waals surface area contributed by atoms with Gasteiger partial charge in [0, 0.05) is 45.7 Å². The van der Waals surface area contributed by atoms with Crippen LogP contribution in [0.1, 0.15) is 0 Å². The van der Waals surface area contributed by atoms with E-state index >= 15 is 0 Å². The van der Waals surface area contributed by atoms with E-state index < -0.39 is 5.82 Å². The zero-order valence-corrected chi connectivity index (χ0v) is 14.8. The van der Waals surface area contributed by atoms with E-state index in [1.807, 2.05) is 24.3 Å². The van der Waals surface area contributed by atoms with Gasteiger partial charge in [-0.1, -0.05) is 12.1 Å². The highest BCUT2D eigenvalue weighted by Gasteiger charge is 2.22. The van der Waals surface area contributed by atoms with Crippen molar-refractivity contribution in [2.75, 3.05) is 55.0 Å². The van der Waals surface area contributed by atoms with Crippen LogP contribution in [0.3, 0.4) is 0 Å². The smallest absolute Gasteiger partial charge is 0.227 e. The molecule has 0 bridgehead atoms. The van der Waals surface area contributed by atoms with Crippen LogP contribution in [0.4, 0.5) is 22.0 Å². The van der Waals surface area contributed by atoms with Crippen molar-refractivity contribution in [3.05, 3.63) is 42.6 Å². The molecule has 0 radical (unpaired) electrons. The lowest BCUT2D eigenvalue weighted by Crippen LogP contribution is -2.47. The van der Waals surface area contributed by atoms with Gasteiger partial charge in [-0.05, 0) is 12.1 Å². The lowest BCUT2D eigenvalue weighted by molar-refractivity contribution is 0.600. The Morgan fingerprint density at radius 3 is 2.46 bits per heavy atom. The van der Waals surface area contributed by atoms with Gasteiger partial charge >= 0.3 is 0 Å². The van der Waals surface area contributed by atoms with E-state index in [0.717, 1.165) is 42.9 Å². The average Bonchev–Trinajstić information content (AvgIpc) is 2.68. The maximum absolute atomic E-state index is 13.8. The Bertz CT molecular complexity index is 917. The van der Waals surface area contributed by atoms with Gasteiger partial charge < -0.3 is 14.7 Å². The van der Waals surface area contributed by atoms with Gasteiger partial charge in [0.25, 0.3) is 0 Å². The number of hydrogen-bond acceptors (Lipinski definition) is 7. The number of para-hydroxylation sites is 1. The Hall–Kier alpha value is -3.03.